The molecule has 2 aromatic rings. The first-order chi connectivity index (χ1) is 13.6. The molecule has 1 unspecified atom stereocenters. The van der Waals surface area contributed by atoms with Crippen LogP contribution in [0.25, 0.3) is 0 Å². The Labute approximate surface area is 172 Å². The Bertz CT molecular complexity index is 891. The third-order valence-corrected chi connectivity index (χ3v) is 7.44. The van der Waals surface area contributed by atoms with Gasteiger partial charge in [-0.15, -0.1) is 0 Å². The van der Waals surface area contributed by atoms with Crippen molar-refractivity contribution < 1.29 is 5.11 Å². The third kappa shape index (κ3) is 2.99. The number of hydrogen-bond acceptors (Lipinski definition) is 4. The van der Waals surface area contributed by atoms with E-state index in [1.807, 2.05) is 6.07 Å². The van der Waals surface area contributed by atoms with Gasteiger partial charge in [-0.05, 0) is 61.7 Å². The molecule has 28 heavy (non-hydrogen) atoms. The highest BCUT2D eigenvalue weighted by Gasteiger charge is 2.43. The number of aromatic hydroxyl groups is 1. The summed E-state index contributed by atoms with van der Waals surface area (Å²) in [7, 11) is 2.22. The predicted molar refractivity (Wildman–Crippen MR) is 115 cm³/mol. The molecule has 1 atom stereocenters. The Balaban J connectivity index is 1.25. The van der Waals surface area contributed by atoms with E-state index < -0.39 is 0 Å². The number of anilines is 1. The molecule has 0 amide bonds. The number of fused-ring (bicyclic) bond motifs is 3. The SMILES string of the molecule is CN1CC2(CCN(CC3Cc4c(Cl)ccc(O)c4CN3)CC2)c2ccccc21. The number of para-hydroxylation sites is 1. The van der Waals surface area contributed by atoms with Gasteiger partial charge in [-0.3, -0.25) is 0 Å². The topological polar surface area (TPSA) is 38.7 Å². The van der Waals surface area contributed by atoms with Gasteiger partial charge in [-0.2, -0.15) is 0 Å². The Morgan fingerprint density at radius 2 is 1.93 bits per heavy atom. The van der Waals surface area contributed by atoms with Crippen LogP contribution in [0.15, 0.2) is 36.4 Å². The summed E-state index contributed by atoms with van der Waals surface area (Å²) in [6.45, 7) is 5.16. The Morgan fingerprint density at radius 1 is 1.14 bits per heavy atom. The second-order valence-electron chi connectivity index (χ2n) is 8.76. The summed E-state index contributed by atoms with van der Waals surface area (Å²) in [5, 5.41) is 14.5. The Kier molecular flexibility index (Phi) is 4.53. The van der Waals surface area contributed by atoms with E-state index in [9.17, 15) is 5.11 Å². The number of halogens is 1. The molecule has 0 bridgehead atoms. The lowest BCUT2D eigenvalue weighted by Crippen LogP contribution is -2.50. The highest BCUT2D eigenvalue weighted by atomic mass is 35.5. The molecule has 0 aliphatic carbocycles. The number of nitrogens with zero attached hydrogens (tertiary/aromatic N) is 2. The van der Waals surface area contributed by atoms with Gasteiger partial charge in [0.2, 0.25) is 0 Å². The molecule has 3 aliphatic heterocycles. The average molecular weight is 398 g/mol. The first-order valence-electron chi connectivity index (χ1n) is 10.3. The number of phenols is 1. The molecule has 1 saturated heterocycles. The zero-order valence-corrected chi connectivity index (χ0v) is 17.2. The van der Waals surface area contributed by atoms with E-state index in [4.69, 9.17) is 11.6 Å². The summed E-state index contributed by atoms with van der Waals surface area (Å²) in [5.41, 5.74) is 5.36. The predicted octanol–water partition coefficient (Wildman–Crippen LogP) is 3.54. The molecule has 4 nitrogen and oxygen atoms in total. The van der Waals surface area contributed by atoms with E-state index in [-0.39, 0.29) is 0 Å². The summed E-state index contributed by atoms with van der Waals surface area (Å²) in [6.07, 6.45) is 3.33. The van der Waals surface area contributed by atoms with Crippen LogP contribution in [0.3, 0.4) is 0 Å². The maximum atomic E-state index is 10.1. The fourth-order valence-corrected chi connectivity index (χ4v) is 5.80. The van der Waals surface area contributed by atoms with Crippen LogP contribution in [0.2, 0.25) is 5.02 Å². The van der Waals surface area contributed by atoms with Crippen molar-refractivity contribution in [1.29, 1.82) is 0 Å². The molecule has 2 N–H and O–H groups in total. The normalized spacial score (nSPS) is 23.6. The molecule has 5 heteroatoms. The molecule has 1 fully saturated rings. The van der Waals surface area contributed by atoms with Crippen molar-refractivity contribution in [1.82, 2.24) is 10.2 Å². The van der Waals surface area contributed by atoms with E-state index in [1.165, 1.54) is 18.5 Å². The fraction of sp³-hybridized carbons (Fsp3) is 0.478. The first-order valence-corrected chi connectivity index (χ1v) is 10.7. The Morgan fingerprint density at radius 3 is 2.75 bits per heavy atom. The molecule has 0 aromatic heterocycles. The molecular weight excluding hydrogens is 370 g/mol. The minimum atomic E-state index is 0.323. The summed E-state index contributed by atoms with van der Waals surface area (Å²) in [5.74, 6) is 0.356. The minimum absolute atomic E-state index is 0.323. The molecule has 1 spiro atoms. The maximum Gasteiger partial charge on any atom is 0.120 e. The standard InChI is InChI=1S/C23H28ClN3O/c1-26-15-23(19-4-2-3-5-21(19)26)8-10-27(11-9-23)14-16-12-17-18(13-25-16)22(28)7-6-20(17)24/h2-7,16,25,28H,8-15H2,1H3. The lowest BCUT2D eigenvalue weighted by atomic mass is 9.74. The average Bonchev–Trinajstić information content (AvgIpc) is 2.99. The van der Waals surface area contributed by atoms with E-state index in [0.29, 0.717) is 23.8 Å². The number of nitrogens with one attached hydrogen (secondary N) is 1. The number of hydrogen-bond donors (Lipinski definition) is 2. The van der Waals surface area contributed by atoms with Crippen LogP contribution in [0.5, 0.6) is 5.75 Å². The Hall–Kier alpha value is -1.75. The summed E-state index contributed by atoms with van der Waals surface area (Å²) in [4.78, 5) is 5.03. The number of benzene rings is 2. The number of piperidine rings is 1. The molecule has 0 radical (unpaired) electrons. The van der Waals surface area contributed by atoms with Crippen molar-refractivity contribution in [2.45, 2.75) is 37.3 Å². The van der Waals surface area contributed by atoms with Gasteiger partial charge in [0.15, 0.2) is 0 Å². The number of phenolic OH excluding ortho intramolecular Hbond substituents is 1. The zero-order valence-electron chi connectivity index (χ0n) is 16.4. The summed E-state index contributed by atoms with van der Waals surface area (Å²) in [6, 6.07) is 12.8. The summed E-state index contributed by atoms with van der Waals surface area (Å²) >= 11 is 6.41. The van der Waals surface area contributed by atoms with Crippen LogP contribution in [0.1, 0.15) is 29.5 Å². The van der Waals surface area contributed by atoms with Gasteiger partial charge in [0.05, 0.1) is 0 Å². The van der Waals surface area contributed by atoms with Gasteiger partial charge < -0.3 is 20.2 Å². The fourth-order valence-electron chi connectivity index (χ4n) is 5.55. The van der Waals surface area contributed by atoms with Gasteiger partial charge in [0.1, 0.15) is 5.75 Å². The van der Waals surface area contributed by atoms with Crippen molar-refractivity contribution in [3.05, 3.63) is 58.1 Å². The lowest BCUT2D eigenvalue weighted by Gasteiger charge is -2.41. The first kappa shape index (κ1) is 18.3. The van der Waals surface area contributed by atoms with E-state index in [2.05, 4.69) is 46.4 Å². The highest BCUT2D eigenvalue weighted by molar-refractivity contribution is 6.31. The van der Waals surface area contributed by atoms with Gasteiger partial charge in [-0.25, -0.2) is 0 Å². The molecule has 2 aromatic carbocycles. The minimum Gasteiger partial charge on any atom is -0.508 e. The van der Waals surface area contributed by atoms with Crippen LogP contribution in [0.4, 0.5) is 5.69 Å². The molecule has 3 aliphatic rings. The van der Waals surface area contributed by atoms with Crippen molar-refractivity contribution >= 4 is 17.3 Å². The number of likely N-dealkylation sites (tertiary alicyclic amines) is 1. The second kappa shape index (κ2) is 6.94. The largest absolute Gasteiger partial charge is 0.508 e. The third-order valence-electron chi connectivity index (χ3n) is 7.09. The maximum absolute atomic E-state index is 10.1. The van der Waals surface area contributed by atoms with Crippen molar-refractivity contribution in [2.24, 2.45) is 0 Å². The van der Waals surface area contributed by atoms with Gasteiger partial charge in [-0.1, -0.05) is 29.8 Å². The van der Waals surface area contributed by atoms with Crippen LogP contribution >= 0.6 is 11.6 Å². The van der Waals surface area contributed by atoms with Crippen molar-refractivity contribution in [2.75, 3.05) is 38.1 Å². The van der Waals surface area contributed by atoms with Crippen LogP contribution in [0, 0.1) is 0 Å². The summed E-state index contributed by atoms with van der Waals surface area (Å²) < 4.78 is 0. The highest BCUT2D eigenvalue weighted by Crippen LogP contribution is 2.46. The monoisotopic (exact) mass is 397 g/mol. The quantitative estimate of drug-likeness (QED) is 0.812. The lowest BCUT2D eigenvalue weighted by molar-refractivity contribution is 0.150. The number of likely N-dealkylation sites (N-methyl/N-ethyl adjacent to an activating group) is 1. The molecule has 148 valence electrons. The zero-order chi connectivity index (χ0) is 19.3. The van der Waals surface area contributed by atoms with Crippen LogP contribution in [-0.2, 0) is 18.4 Å². The molecular formula is C23H28ClN3O. The number of rotatable bonds is 2. The van der Waals surface area contributed by atoms with E-state index in [0.717, 1.165) is 48.7 Å². The molecule has 5 rings (SSSR count). The smallest absolute Gasteiger partial charge is 0.120 e. The van der Waals surface area contributed by atoms with E-state index >= 15 is 0 Å². The molecule has 0 saturated carbocycles. The van der Waals surface area contributed by atoms with Crippen molar-refractivity contribution in [3.8, 4) is 5.75 Å². The van der Waals surface area contributed by atoms with Gasteiger partial charge >= 0.3 is 0 Å². The van der Waals surface area contributed by atoms with E-state index in [1.54, 1.807) is 11.6 Å². The van der Waals surface area contributed by atoms with Crippen molar-refractivity contribution in [3.63, 3.8) is 0 Å². The van der Waals surface area contributed by atoms with Crippen LogP contribution < -0.4 is 10.2 Å². The molecule has 3 heterocycles. The van der Waals surface area contributed by atoms with Gasteiger partial charge in [0.25, 0.3) is 0 Å². The van der Waals surface area contributed by atoms with Crippen LogP contribution in [-0.4, -0.2) is 49.3 Å². The second-order valence-corrected chi connectivity index (χ2v) is 9.17. The van der Waals surface area contributed by atoms with Gasteiger partial charge in [0, 0.05) is 54.4 Å².